The zero-order valence-corrected chi connectivity index (χ0v) is 16.4. The molecule has 1 aliphatic rings. The van der Waals surface area contributed by atoms with Crippen molar-refractivity contribution < 1.29 is 9.53 Å². The summed E-state index contributed by atoms with van der Waals surface area (Å²) in [6, 6.07) is 19.8. The monoisotopic (exact) mass is 390 g/mol. The van der Waals surface area contributed by atoms with E-state index in [1.54, 1.807) is 6.20 Å². The van der Waals surface area contributed by atoms with Crippen molar-refractivity contribution in [3.8, 4) is 5.75 Å². The molecule has 29 heavy (non-hydrogen) atoms. The second kappa shape index (κ2) is 8.92. The van der Waals surface area contributed by atoms with Gasteiger partial charge in [-0.2, -0.15) is 5.10 Å². The molecule has 0 radical (unpaired) electrons. The van der Waals surface area contributed by atoms with Gasteiger partial charge in [-0.3, -0.25) is 9.48 Å². The number of benzene rings is 2. The van der Waals surface area contributed by atoms with Crippen molar-refractivity contribution in [3.63, 3.8) is 0 Å². The summed E-state index contributed by atoms with van der Waals surface area (Å²) in [5.41, 5.74) is 1.55. The van der Waals surface area contributed by atoms with Gasteiger partial charge in [-0.1, -0.05) is 42.5 Å². The Hall–Kier alpha value is -3.12. The van der Waals surface area contributed by atoms with Crippen LogP contribution in [-0.2, 0) is 23.5 Å². The predicted octanol–water partition coefficient (Wildman–Crippen LogP) is 2.86. The Kier molecular flexibility index (Phi) is 5.91. The lowest BCUT2D eigenvalue weighted by atomic mass is 9.87. The largest absolute Gasteiger partial charge is 0.489 e. The van der Waals surface area contributed by atoms with Crippen LogP contribution in [0.4, 0.5) is 0 Å². The van der Waals surface area contributed by atoms with Crippen LogP contribution >= 0.6 is 0 Å². The first-order valence-corrected chi connectivity index (χ1v) is 10.0. The summed E-state index contributed by atoms with van der Waals surface area (Å²) in [5, 5.41) is 10.8. The highest BCUT2D eigenvalue weighted by molar-refractivity contribution is 5.84. The van der Waals surface area contributed by atoms with Gasteiger partial charge in [0.25, 0.3) is 0 Å². The van der Waals surface area contributed by atoms with Gasteiger partial charge in [0.15, 0.2) is 0 Å². The van der Waals surface area contributed by atoms with Crippen molar-refractivity contribution in [1.29, 1.82) is 0 Å². The Labute approximate surface area is 170 Å². The molecule has 2 aromatic carbocycles. The van der Waals surface area contributed by atoms with Gasteiger partial charge >= 0.3 is 0 Å². The maximum absolute atomic E-state index is 13.1. The SMILES string of the molecule is O=C(NCc1ccc(OCc2ccccc2)cc1)C1(n2cccn2)CCNCC1. The summed E-state index contributed by atoms with van der Waals surface area (Å²) < 4.78 is 7.64. The Bertz CT molecular complexity index is 902. The standard InChI is InChI=1S/C23H26N4O2/c28-22(23(11-14-24-15-12-23)27-16-4-13-26-27)25-17-19-7-9-21(10-8-19)29-18-20-5-2-1-3-6-20/h1-10,13,16,24H,11-12,14-15,17-18H2,(H,25,28). The quantitative estimate of drug-likeness (QED) is 0.651. The van der Waals surface area contributed by atoms with E-state index in [9.17, 15) is 4.79 Å². The van der Waals surface area contributed by atoms with E-state index in [1.807, 2.05) is 71.5 Å². The third kappa shape index (κ3) is 4.49. The summed E-state index contributed by atoms with van der Waals surface area (Å²) in [4.78, 5) is 13.1. The first kappa shape index (κ1) is 19.2. The lowest BCUT2D eigenvalue weighted by molar-refractivity contribution is -0.132. The normalized spacial score (nSPS) is 15.6. The molecule has 6 heteroatoms. The van der Waals surface area contributed by atoms with Crippen molar-refractivity contribution >= 4 is 5.91 Å². The third-order valence-corrected chi connectivity index (χ3v) is 5.42. The van der Waals surface area contributed by atoms with Crippen LogP contribution in [0.5, 0.6) is 5.75 Å². The Morgan fingerprint density at radius 3 is 2.48 bits per heavy atom. The first-order valence-electron chi connectivity index (χ1n) is 10.0. The molecule has 3 aromatic rings. The number of nitrogens with one attached hydrogen (secondary N) is 2. The lowest BCUT2D eigenvalue weighted by Gasteiger charge is -2.36. The molecule has 150 valence electrons. The minimum atomic E-state index is -0.618. The van der Waals surface area contributed by atoms with E-state index in [1.165, 1.54) is 0 Å². The first-order chi connectivity index (χ1) is 14.3. The summed E-state index contributed by atoms with van der Waals surface area (Å²) in [7, 11) is 0. The van der Waals surface area contributed by atoms with Crippen molar-refractivity contribution in [2.45, 2.75) is 31.5 Å². The van der Waals surface area contributed by atoms with E-state index in [0.717, 1.165) is 42.8 Å². The summed E-state index contributed by atoms with van der Waals surface area (Å²) in [6.07, 6.45) is 5.06. The van der Waals surface area contributed by atoms with Gasteiger partial charge in [-0.25, -0.2) is 0 Å². The number of carbonyl (C=O) groups excluding carboxylic acids is 1. The number of aromatic nitrogens is 2. The molecule has 6 nitrogen and oxygen atoms in total. The van der Waals surface area contributed by atoms with E-state index in [2.05, 4.69) is 15.7 Å². The Morgan fingerprint density at radius 2 is 1.79 bits per heavy atom. The molecule has 1 aliphatic heterocycles. The van der Waals surface area contributed by atoms with E-state index < -0.39 is 5.54 Å². The zero-order chi connectivity index (χ0) is 19.9. The maximum atomic E-state index is 13.1. The van der Waals surface area contributed by atoms with Gasteiger partial charge in [-0.05, 0) is 55.3 Å². The molecule has 2 N–H and O–H groups in total. The van der Waals surface area contributed by atoms with Gasteiger partial charge in [0.2, 0.25) is 5.91 Å². The molecular formula is C23H26N4O2. The van der Waals surface area contributed by atoms with Crippen molar-refractivity contribution in [2.24, 2.45) is 0 Å². The van der Waals surface area contributed by atoms with Crippen LogP contribution in [0.25, 0.3) is 0 Å². The molecule has 0 atom stereocenters. The van der Waals surface area contributed by atoms with Crippen LogP contribution in [0, 0.1) is 0 Å². The second-order valence-corrected chi connectivity index (χ2v) is 7.33. The fraction of sp³-hybridized carbons (Fsp3) is 0.304. The number of rotatable bonds is 7. The van der Waals surface area contributed by atoms with Crippen LogP contribution in [0.15, 0.2) is 73.1 Å². The van der Waals surface area contributed by atoms with E-state index in [-0.39, 0.29) is 5.91 Å². The fourth-order valence-corrected chi connectivity index (χ4v) is 3.71. The van der Waals surface area contributed by atoms with Crippen LogP contribution < -0.4 is 15.4 Å². The average Bonchev–Trinajstić information content (AvgIpc) is 3.33. The molecule has 4 rings (SSSR count). The van der Waals surface area contributed by atoms with Gasteiger partial charge in [0.05, 0.1) is 0 Å². The summed E-state index contributed by atoms with van der Waals surface area (Å²) in [6.45, 7) is 2.63. The molecule has 2 heterocycles. The summed E-state index contributed by atoms with van der Waals surface area (Å²) in [5.74, 6) is 0.836. The highest BCUT2D eigenvalue weighted by atomic mass is 16.5. The highest BCUT2D eigenvalue weighted by Gasteiger charge is 2.41. The third-order valence-electron chi connectivity index (χ3n) is 5.42. The molecule has 0 saturated carbocycles. The lowest BCUT2D eigenvalue weighted by Crippen LogP contribution is -2.54. The van der Waals surface area contributed by atoms with E-state index >= 15 is 0 Å². The van der Waals surface area contributed by atoms with Crippen LogP contribution in [0.3, 0.4) is 0 Å². The summed E-state index contributed by atoms with van der Waals surface area (Å²) >= 11 is 0. The molecule has 0 spiro atoms. The molecule has 0 aliphatic carbocycles. The number of nitrogens with zero attached hydrogens (tertiary/aromatic N) is 2. The Morgan fingerprint density at radius 1 is 1.03 bits per heavy atom. The molecule has 0 unspecified atom stereocenters. The van der Waals surface area contributed by atoms with E-state index in [0.29, 0.717) is 13.2 Å². The molecule has 1 fully saturated rings. The van der Waals surface area contributed by atoms with Crippen LogP contribution in [0.2, 0.25) is 0 Å². The molecule has 1 saturated heterocycles. The smallest absolute Gasteiger partial charge is 0.248 e. The minimum Gasteiger partial charge on any atom is -0.489 e. The van der Waals surface area contributed by atoms with Crippen LogP contribution in [-0.4, -0.2) is 28.8 Å². The van der Waals surface area contributed by atoms with Crippen molar-refractivity contribution in [1.82, 2.24) is 20.4 Å². The minimum absolute atomic E-state index is 0.0205. The van der Waals surface area contributed by atoms with E-state index in [4.69, 9.17) is 4.74 Å². The van der Waals surface area contributed by atoms with Gasteiger partial charge in [0, 0.05) is 18.9 Å². The van der Waals surface area contributed by atoms with Crippen molar-refractivity contribution in [2.75, 3.05) is 13.1 Å². The topological polar surface area (TPSA) is 68.2 Å². The predicted molar refractivity (Wildman–Crippen MR) is 111 cm³/mol. The average molecular weight is 390 g/mol. The molecule has 1 aromatic heterocycles. The second-order valence-electron chi connectivity index (χ2n) is 7.33. The molecular weight excluding hydrogens is 364 g/mol. The maximum Gasteiger partial charge on any atom is 0.248 e. The number of hydrogen-bond donors (Lipinski definition) is 2. The van der Waals surface area contributed by atoms with Gasteiger partial charge in [0.1, 0.15) is 17.9 Å². The fourth-order valence-electron chi connectivity index (χ4n) is 3.71. The molecule has 0 bridgehead atoms. The van der Waals surface area contributed by atoms with Crippen LogP contribution in [0.1, 0.15) is 24.0 Å². The highest BCUT2D eigenvalue weighted by Crippen LogP contribution is 2.27. The number of piperidine rings is 1. The Balaban J connectivity index is 1.35. The van der Waals surface area contributed by atoms with Gasteiger partial charge in [-0.15, -0.1) is 0 Å². The van der Waals surface area contributed by atoms with Crippen molar-refractivity contribution in [3.05, 3.63) is 84.2 Å². The zero-order valence-electron chi connectivity index (χ0n) is 16.4. The van der Waals surface area contributed by atoms with Gasteiger partial charge < -0.3 is 15.4 Å². The number of ether oxygens (including phenoxy) is 1. The number of amides is 1. The molecule has 1 amide bonds. The number of carbonyl (C=O) groups is 1. The number of hydrogen-bond acceptors (Lipinski definition) is 4.